The zero-order chi connectivity index (χ0) is 13.8. The molecule has 0 bridgehead atoms. The van der Waals surface area contributed by atoms with E-state index in [4.69, 9.17) is 9.72 Å². The first kappa shape index (κ1) is 14.0. The predicted molar refractivity (Wildman–Crippen MR) is 80.1 cm³/mol. The van der Waals surface area contributed by atoms with Gasteiger partial charge in [-0.1, -0.05) is 19.1 Å². The highest BCUT2D eigenvalue weighted by Crippen LogP contribution is 2.29. The first-order valence-corrected chi connectivity index (χ1v) is 7.28. The Hall–Kier alpha value is -1.39. The van der Waals surface area contributed by atoms with Gasteiger partial charge in [0.25, 0.3) is 0 Å². The maximum Gasteiger partial charge on any atom is 0.118 e. The average molecular weight is 276 g/mol. The van der Waals surface area contributed by atoms with Crippen molar-refractivity contribution in [3.8, 4) is 5.75 Å². The van der Waals surface area contributed by atoms with Gasteiger partial charge in [-0.25, -0.2) is 4.98 Å². The second kappa shape index (κ2) is 6.17. The lowest BCUT2D eigenvalue weighted by molar-refractivity contribution is 0.414. The molecule has 3 nitrogen and oxygen atoms in total. The van der Waals surface area contributed by atoms with Crippen LogP contribution in [0.5, 0.6) is 5.75 Å². The first-order chi connectivity index (χ1) is 9.19. The first-order valence-electron chi connectivity index (χ1n) is 6.47. The molecular formula is C15H20N2OS. The molecule has 0 radical (unpaired) electrons. The van der Waals surface area contributed by atoms with E-state index >= 15 is 0 Å². The lowest BCUT2D eigenvalue weighted by Gasteiger charge is -2.14. The molecule has 4 heteroatoms. The molecule has 1 aromatic carbocycles. The smallest absolute Gasteiger partial charge is 0.118 e. The largest absolute Gasteiger partial charge is 0.497 e. The number of aryl methyl sites for hydroxylation is 2. The van der Waals surface area contributed by atoms with Crippen LogP contribution < -0.4 is 10.1 Å². The normalized spacial score (nSPS) is 12.4. The molecule has 1 aromatic heterocycles. The Bertz CT molecular complexity index is 534. The summed E-state index contributed by atoms with van der Waals surface area (Å²) in [5.74, 6) is 0.878. The molecule has 19 heavy (non-hydrogen) atoms. The van der Waals surface area contributed by atoms with Gasteiger partial charge >= 0.3 is 0 Å². The maximum absolute atomic E-state index is 5.20. The summed E-state index contributed by atoms with van der Waals surface area (Å²) in [5.41, 5.74) is 2.41. The number of hydrogen-bond acceptors (Lipinski definition) is 4. The van der Waals surface area contributed by atoms with Gasteiger partial charge in [-0.05, 0) is 38.1 Å². The summed E-state index contributed by atoms with van der Waals surface area (Å²) in [7, 11) is 3.65. The molecule has 0 saturated carbocycles. The van der Waals surface area contributed by atoms with Gasteiger partial charge in [0.1, 0.15) is 10.8 Å². The number of nitrogens with zero attached hydrogens (tertiary/aromatic N) is 1. The van der Waals surface area contributed by atoms with Crippen LogP contribution in [0, 0.1) is 6.92 Å². The molecule has 0 amide bonds. The lowest BCUT2D eigenvalue weighted by Crippen LogP contribution is -2.17. The van der Waals surface area contributed by atoms with Crippen LogP contribution >= 0.6 is 11.3 Å². The van der Waals surface area contributed by atoms with E-state index in [0.717, 1.165) is 17.2 Å². The van der Waals surface area contributed by atoms with Gasteiger partial charge in [0.2, 0.25) is 0 Å². The molecule has 2 aromatic rings. The van der Waals surface area contributed by atoms with Crippen LogP contribution in [0.4, 0.5) is 0 Å². The van der Waals surface area contributed by atoms with Crippen molar-refractivity contribution < 1.29 is 4.74 Å². The highest BCUT2D eigenvalue weighted by Gasteiger charge is 2.17. The Morgan fingerprint density at radius 3 is 2.47 bits per heavy atom. The number of ether oxygens (including phenoxy) is 1. The Kier molecular flexibility index (Phi) is 4.56. The van der Waals surface area contributed by atoms with E-state index in [1.807, 2.05) is 19.2 Å². The molecule has 0 aliphatic carbocycles. The summed E-state index contributed by atoms with van der Waals surface area (Å²) in [6.07, 6.45) is 0.987. The van der Waals surface area contributed by atoms with E-state index < -0.39 is 0 Å². The minimum absolute atomic E-state index is 0.148. The van der Waals surface area contributed by atoms with E-state index in [0.29, 0.717) is 0 Å². The van der Waals surface area contributed by atoms with Crippen molar-refractivity contribution >= 4 is 11.3 Å². The fourth-order valence-electron chi connectivity index (χ4n) is 2.13. The summed E-state index contributed by atoms with van der Waals surface area (Å²) < 4.78 is 5.20. The Morgan fingerprint density at radius 1 is 1.32 bits per heavy atom. The van der Waals surface area contributed by atoms with Crippen molar-refractivity contribution in [3.05, 3.63) is 45.4 Å². The molecule has 2 rings (SSSR count). The van der Waals surface area contributed by atoms with Gasteiger partial charge in [-0.3, -0.25) is 0 Å². The van der Waals surface area contributed by atoms with E-state index in [2.05, 4.69) is 31.3 Å². The summed E-state index contributed by atoms with van der Waals surface area (Å²) in [4.78, 5) is 6.05. The number of rotatable bonds is 5. The van der Waals surface area contributed by atoms with Crippen LogP contribution in [-0.4, -0.2) is 19.1 Å². The SMILES string of the molecule is CCc1nc(C(NC)c2ccc(OC)cc2)sc1C. The van der Waals surface area contributed by atoms with Crippen LogP contribution in [0.25, 0.3) is 0 Å². The zero-order valence-electron chi connectivity index (χ0n) is 11.9. The molecule has 0 fully saturated rings. The van der Waals surface area contributed by atoms with Crippen molar-refractivity contribution in [1.82, 2.24) is 10.3 Å². The summed E-state index contributed by atoms with van der Waals surface area (Å²) in [6.45, 7) is 4.29. The standard InChI is InChI=1S/C15H20N2OS/c1-5-13-10(2)19-15(17-13)14(16-3)11-6-8-12(18-4)9-7-11/h6-9,14,16H,5H2,1-4H3. The second-order valence-corrected chi connectivity index (χ2v) is 5.64. The van der Waals surface area contributed by atoms with Crippen LogP contribution in [0.1, 0.15) is 34.1 Å². The maximum atomic E-state index is 5.20. The monoisotopic (exact) mass is 276 g/mol. The van der Waals surface area contributed by atoms with E-state index in [-0.39, 0.29) is 6.04 Å². The van der Waals surface area contributed by atoms with Gasteiger partial charge in [-0.2, -0.15) is 0 Å². The third-order valence-corrected chi connectivity index (χ3v) is 4.31. The molecular weight excluding hydrogens is 256 g/mol. The number of methoxy groups -OCH3 is 1. The number of benzene rings is 1. The van der Waals surface area contributed by atoms with Crippen molar-refractivity contribution in [2.45, 2.75) is 26.3 Å². The van der Waals surface area contributed by atoms with Crippen molar-refractivity contribution in [3.63, 3.8) is 0 Å². The molecule has 1 unspecified atom stereocenters. The Morgan fingerprint density at radius 2 is 2.00 bits per heavy atom. The topological polar surface area (TPSA) is 34.2 Å². The molecule has 1 atom stereocenters. The summed E-state index contributed by atoms with van der Waals surface area (Å²) in [6, 6.07) is 8.29. The van der Waals surface area contributed by atoms with E-state index in [1.54, 1.807) is 18.4 Å². The predicted octanol–water partition coefficient (Wildman–Crippen LogP) is 3.33. The van der Waals surface area contributed by atoms with Crippen LogP contribution in [-0.2, 0) is 6.42 Å². The zero-order valence-corrected chi connectivity index (χ0v) is 12.7. The number of nitrogens with one attached hydrogen (secondary N) is 1. The highest BCUT2D eigenvalue weighted by molar-refractivity contribution is 7.11. The van der Waals surface area contributed by atoms with Crippen LogP contribution in [0.15, 0.2) is 24.3 Å². The van der Waals surface area contributed by atoms with Gasteiger partial charge in [0, 0.05) is 4.88 Å². The molecule has 102 valence electrons. The van der Waals surface area contributed by atoms with Gasteiger partial charge in [0.15, 0.2) is 0 Å². The van der Waals surface area contributed by atoms with E-state index in [9.17, 15) is 0 Å². The van der Waals surface area contributed by atoms with Crippen LogP contribution in [0.3, 0.4) is 0 Å². The van der Waals surface area contributed by atoms with Gasteiger partial charge in [0.05, 0.1) is 18.8 Å². The number of thiazole rings is 1. The van der Waals surface area contributed by atoms with Crippen LogP contribution in [0.2, 0.25) is 0 Å². The quantitative estimate of drug-likeness (QED) is 0.909. The Balaban J connectivity index is 2.31. The fourth-order valence-corrected chi connectivity index (χ4v) is 3.28. The second-order valence-electron chi connectivity index (χ2n) is 4.40. The van der Waals surface area contributed by atoms with Crippen molar-refractivity contribution in [1.29, 1.82) is 0 Å². The van der Waals surface area contributed by atoms with Gasteiger partial charge in [-0.15, -0.1) is 11.3 Å². The third-order valence-electron chi connectivity index (χ3n) is 3.23. The highest BCUT2D eigenvalue weighted by atomic mass is 32.1. The molecule has 0 aliphatic rings. The third kappa shape index (κ3) is 2.96. The lowest BCUT2D eigenvalue weighted by atomic mass is 10.1. The van der Waals surface area contributed by atoms with Crippen molar-refractivity contribution in [2.75, 3.05) is 14.2 Å². The minimum atomic E-state index is 0.148. The molecule has 0 aliphatic heterocycles. The number of aromatic nitrogens is 1. The molecule has 1 heterocycles. The Labute approximate surface area is 118 Å². The summed E-state index contributed by atoms with van der Waals surface area (Å²) in [5, 5.41) is 4.47. The number of hydrogen-bond donors (Lipinski definition) is 1. The molecule has 1 N–H and O–H groups in total. The minimum Gasteiger partial charge on any atom is -0.497 e. The van der Waals surface area contributed by atoms with Crippen molar-refractivity contribution in [2.24, 2.45) is 0 Å². The molecule has 0 spiro atoms. The van der Waals surface area contributed by atoms with E-state index in [1.165, 1.54) is 16.1 Å². The average Bonchev–Trinajstić information content (AvgIpc) is 2.81. The summed E-state index contributed by atoms with van der Waals surface area (Å²) >= 11 is 1.77. The fraction of sp³-hybridized carbons (Fsp3) is 0.400. The van der Waals surface area contributed by atoms with Gasteiger partial charge < -0.3 is 10.1 Å². The molecule has 0 saturated heterocycles.